The first-order valence-electron chi connectivity index (χ1n) is 12.3. The van der Waals surface area contributed by atoms with Gasteiger partial charge < -0.3 is 10.3 Å². The molecule has 0 spiro atoms. The van der Waals surface area contributed by atoms with Gasteiger partial charge in [-0.3, -0.25) is 19.6 Å². The second-order valence-corrected chi connectivity index (χ2v) is 10.6. The highest BCUT2D eigenvalue weighted by atomic mass is 32.1. The molecule has 11 heteroatoms. The molecule has 0 saturated carbocycles. The van der Waals surface area contributed by atoms with E-state index >= 15 is 0 Å². The molecule has 10 nitrogen and oxygen atoms in total. The third-order valence-electron chi connectivity index (χ3n) is 6.35. The Balaban J connectivity index is 1.43. The van der Waals surface area contributed by atoms with E-state index in [-0.39, 0.29) is 17.6 Å². The van der Waals surface area contributed by atoms with Crippen LogP contribution in [0, 0.1) is 5.92 Å². The number of pyridine rings is 3. The molecule has 0 fully saturated rings. The second kappa shape index (κ2) is 9.52. The normalized spacial score (nSPS) is 11.5. The van der Waals surface area contributed by atoms with Gasteiger partial charge in [0.15, 0.2) is 17.3 Å². The lowest BCUT2D eigenvalue weighted by Crippen LogP contribution is -2.17. The number of fused-ring (bicyclic) bond motifs is 2. The van der Waals surface area contributed by atoms with Crippen LogP contribution in [0.15, 0.2) is 55.1 Å². The third kappa shape index (κ3) is 4.46. The topological polar surface area (TPSA) is 131 Å². The molecule has 0 aliphatic carbocycles. The van der Waals surface area contributed by atoms with Crippen LogP contribution in [0.25, 0.3) is 55.3 Å². The minimum atomic E-state index is -0.139. The van der Waals surface area contributed by atoms with Crippen molar-refractivity contribution in [2.45, 2.75) is 20.8 Å². The molecule has 0 aliphatic rings. The number of imidazole rings is 1. The first-order chi connectivity index (χ1) is 18.8. The number of nitrogens with one attached hydrogen (secondary N) is 2. The molecule has 6 aromatic rings. The zero-order chi connectivity index (χ0) is 27.3. The molecule has 0 saturated heterocycles. The van der Waals surface area contributed by atoms with Gasteiger partial charge in [0.25, 0.3) is 0 Å². The Morgan fingerprint density at radius 2 is 1.85 bits per heavy atom. The van der Waals surface area contributed by atoms with E-state index in [0.29, 0.717) is 38.9 Å². The van der Waals surface area contributed by atoms with Crippen LogP contribution in [0.5, 0.6) is 0 Å². The molecular formula is C28H24N8O2S. The summed E-state index contributed by atoms with van der Waals surface area (Å²) in [5.74, 6) is 0.395. The summed E-state index contributed by atoms with van der Waals surface area (Å²) in [4.78, 5) is 47.3. The highest BCUT2D eigenvalue weighted by molar-refractivity contribution is 7.17. The van der Waals surface area contributed by atoms with Crippen molar-refractivity contribution in [3.8, 4) is 33.2 Å². The summed E-state index contributed by atoms with van der Waals surface area (Å²) in [6.45, 7) is 5.24. The molecular weight excluding hydrogens is 512 g/mol. The Morgan fingerprint density at radius 3 is 2.62 bits per heavy atom. The van der Waals surface area contributed by atoms with Crippen molar-refractivity contribution in [3.05, 3.63) is 60.0 Å². The molecule has 0 aliphatic heterocycles. The average molecular weight is 537 g/mol. The van der Waals surface area contributed by atoms with E-state index in [1.54, 1.807) is 36.4 Å². The maximum absolute atomic E-state index is 12.2. The van der Waals surface area contributed by atoms with Gasteiger partial charge in [-0.15, -0.1) is 11.3 Å². The van der Waals surface area contributed by atoms with Gasteiger partial charge in [0, 0.05) is 42.7 Å². The number of rotatable bonds is 6. The summed E-state index contributed by atoms with van der Waals surface area (Å²) in [7, 11) is 1.84. The van der Waals surface area contributed by atoms with Crippen molar-refractivity contribution < 1.29 is 9.59 Å². The largest absolute Gasteiger partial charge is 0.336 e. The molecule has 194 valence electrons. The van der Waals surface area contributed by atoms with Gasteiger partial charge in [0.05, 0.1) is 32.5 Å². The third-order valence-corrected chi connectivity index (χ3v) is 7.55. The molecule has 6 rings (SSSR count). The first kappa shape index (κ1) is 24.6. The molecule has 39 heavy (non-hydrogen) atoms. The van der Waals surface area contributed by atoms with E-state index in [0.717, 1.165) is 26.9 Å². The van der Waals surface area contributed by atoms with Crippen molar-refractivity contribution in [3.63, 3.8) is 0 Å². The number of anilines is 1. The number of H-pyrrole nitrogens is 1. The maximum atomic E-state index is 12.2. The number of nitrogens with zero attached hydrogens (tertiary/aromatic N) is 6. The van der Waals surface area contributed by atoms with Crippen LogP contribution in [0.1, 0.15) is 30.4 Å². The van der Waals surface area contributed by atoms with Crippen LogP contribution in [0.4, 0.5) is 5.69 Å². The number of amides is 1. The second-order valence-electron chi connectivity index (χ2n) is 9.53. The molecule has 6 aromatic heterocycles. The van der Waals surface area contributed by atoms with Gasteiger partial charge >= 0.3 is 0 Å². The lowest BCUT2D eigenvalue weighted by Gasteiger charge is -2.09. The first-order valence-corrected chi connectivity index (χ1v) is 13.2. The fourth-order valence-electron chi connectivity index (χ4n) is 4.31. The Labute approximate surface area is 227 Å². The van der Waals surface area contributed by atoms with Crippen molar-refractivity contribution in [1.82, 2.24) is 34.7 Å². The molecule has 6 heterocycles. The summed E-state index contributed by atoms with van der Waals surface area (Å²) in [5, 5.41) is 8.43. The standard InChI is InChI=1S/C28H24N8O2S/c1-14(2)28(38)32-18-9-16(11-29-13-18)17-10-19-23(35-36(4)27(19)31-12-17)26-33-20-7-8-30-25(24(20)34-26)22-6-5-21(39-22)15(3)37/h5-14H,1-4H3,(H,32,38)(H,33,34). The summed E-state index contributed by atoms with van der Waals surface area (Å²) < 4.78 is 1.72. The number of hydrogen-bond donors (Lipinski definition) is 2. The zero-order valence-corrected chi connectivity index (χ0v) is 22.5. The Hall–Kier alpha value is -4.77. The van der Waals surface area contributed by atoms with Crippen LogP contribution in [-0.2, 0) is 11.8 Å². The van der Waals surface area contributed by atoms with Gasteiger partial charge in [0.1, 0.15) is 16.9 Å². The zero-order valence-electron chi connectivity index (χ0n) is 21.7. The fourth-order valence-corrected chi connectivity index (χ4v) is 5.21. The Kier molecular flexibility index (Phi) is 5.99. The molecule has 0 aromatic carbocycles. The number of carbonyl (C=O) groups is 2. The predicted octanol–water partition coefficient (Wildman–Crippen LogP) is 5.49. The minimum absolute atomic E-state index is 0.0208. The molecule has 0 bridgehead atoms. The number of aromatic amines is 1. The fraction of sp³-hybridized carbons (Fsp3) is 0.179. The summed E-state index contributed by atoms with van der Waals surface area (Å²) in [6.07, 6.45) is 6.85. The van der Waals surface area contributed by atoms with E-state index < -0.39 is 0 Å². The molecule has 2 N–H and O–H groups in total. The SMILES string of the molecule is CC(=O)c1ccc(-c2nccc3[nH]c(-c4nn(C)c5ncc(-c6cncc(NC(=O)C(C)C)c6)cc45)nc23)s1. The highest BCUT2D eigenvalue weighted by Gasteiger charge is 2.19. The number of aromatic nitrogens is 7. The Bertz CT molecular complexity index is 1900. The van der Waals surface area contributed by atoms with Gasteiger partial charge in [-0.2, -0.15) is 5.10 Å². The van der Waals surface area contributed by atoms with E-state index in [2.05, 4.69) is 25.3 Å². The van der Waals surface area contributed by atoms with Crippen molar-refractivity contribution in [2.75, 3.05) is 5.32 Å². The van der Waals surface area contributed by atoms with Gasteiger partial charge in [0.2, 0.25) is 5.91 Å². The van der Waals surface area contributed by atoms with E-state index in [4.69, 9.17) is 10.1 Å². The highest BCUT2D eigenvalue weighted by Crippen LogP contribution is 2.34. The van der Waals surface area contributed by atoms with Crippen molar-refractivity contribution >= 4 is 50.8 Å². The Morgan fingerprint density at radius 1 is 1.03 bits per heavy atom. The van der Waals surface area contributed by atoms with Crippen LogP contribution in [-0.4, -0.2) is 46.4 Å². The number of Topliss-reactive ketones (excluding diaryl/α,β-unsaturated/α-hetero) is 1. The van der Waals surface area contributed by atoms with Gasteiger partial charge in [-0.1, -0.05) is 13.8 Å². The van der Waals surface area contributed by atoms with Crippen LogP contribution in [0.3, 0.4) is 0 Å². The molecule has 0 radical (unpaired) electrons. The quantitative estimate of drug-likeness (QED) is 0.269. The van der Waals surface area contributed by atoms with Crippen molar-refractivity contribution in [1.29, 1.82) is 0 Å². The number of ketones is 1. The lowest BCUT2D eigenvalue weighted by atomic mass is 10.1. The smallest absolute Gasteiger partial charge is 0.226 e. The summed E-state index contributed by atoms with van der Waals surface area (Å²) in [6, 6.07) is 9.46. The van der Waals surface area contributed by atoms with E-state index in [1.807, 2.05) is 51.2 Å². The summed E-state index contributed by atoms with van der Waals surface area (Å²) >= 11 is 1.40. The maximum Gasteiger partial charge on any atom is 0.226 e. The predicted molar refractivity (Wildman–Crippen MR) is 151 cm³/mol. The minimum Gasteiger partial charge on any atom is -0.336 e. The average Bonchev–Trinajstić information content (AvgIpc) is 3.66. The van der Waals surface area contributed by atoms with Crippen LogP contribution in [0.2, 0.25) is 0 Å². The van der Waals surface area contributed by atoms with Gasteiger partial charge in [-0.05, 0) is 37.3 Å². The van der Waals surface area contributed by atoms with Gasteiger partial charge in [-0.25, -0.2) is 14.6 Å². The number of carbonyl (C=O) groups excluding carboxylic acids is 2. The number of aryl methyl sites for hydroxylation is 1. The van der Waals surface area contributed by atoms with Crippen LogP contribution < -0.4 is 5.32 Å². The van der Waals surface area contributed by atoms with E-state index in [9.17, 15) is 9.59 Å². The molecule has 0 unspecified atom stereocenters. The molecule has 0 atom stereocenters. The molecule has 1 amide bonds. The number of thiophene rings is 1. The summed E-state index contributed by atoms with van der Waals surface area (Å²) in [5.41, 5.74) is 5.84. The van der Waals surface area contributed by atoms with E-state index in [1.165, 1.54) is 11.3 Å². The van der Waals surface area contributed by atoms with Crippen LogP contribution >= 0.6 is 11.3 Å². The lowest BCUT2D eigenvalue weighted by molar-refractivity contribution is -0.118. The van der Waals surface area contributed by atoms with Crippen molar-refractivity contribution in [2.24, 2.45) is 13.0 Å². The monoisotopic (exact) mass is 536 g/mol. The number of hydrogen-bond acceptors (Lipinski definition) is 8.